The molecule has 0 bridgehead atoms. The molecule has 1 aliphatic carbocycles. The van der Waals surface area contributed by atoms with Crippen LogP contribution in [-0.4, -0.2) is 62.7 Å². The van der Waals surface area contributed by atoms with Crippen LogP contribution in [0.3, 0.4) is 0 Å². The molecule has 2 heterocycles. The number of aryl methyl sites for hydroxylation is 1. The summed E-state index contributed by atoms with van der Waals surface area (Å²) in [6.45, 7) is 4.59. The lowest BCUT2D eigenvalue weighted by molar-refractivity contribution is -0.131. The maximum Gasteiger partial charge on any atom is 0.222 e. The zero-order valence-corrected chi connectivity index (χ0v) is 15.3. The number of hydrogen-bond donors (Lipinski definition) is 0. The quantitative estimate of drug-likeness (QED) is 0.822. The number of carbonyl (C=O) groups is 1. The van der Waals surface area contributed by atoms with Gasteiger partial charge in [-0.05, 0) is 36.8 Å². The van der Waals surface area contributed by atoms with Crippen molar-refractivity contribution in [3.8, 4) is 0 Å². The molecule has 2 aromatic rings. The summed E-state index contributed by atoms with van der Waals surface area (Å²) >= 11 is 0. The van der Waals surface area contributed by atoms with E-state index >= 15 is 0 Å². The second-order valence-electron chi connectivity index (χ2n) is 7.36. The van der Waals surface area contributed by atoms with E-state index in [0.29, 0.717) is 12.5 Å². The highest BCUT2D eigenvalue weighted by Gasteiger charge is 2.28. The normalized spacial score (nSPS) is 18.7. The van der Waals surface area contributed by atoms with Crippen LogP contribution in [0.4, 0.5) is 0 Å². The van der Waals surface area contributed by atoms with Crippen molar-refractivity contribution < 1.29 is 4.79 Å². The van der Waals surface area contributed by atoms with Gasteiger partial charge >= 0.3 is 0 Å². The second kappa shape index (κ2) is 7.99. The van der Waals surface area contributed by atoms with Gasteiger partial charge in [-0.1, -0.05) is 24.3 Å². The molecule has 0 saturated carbocycles. The molecule has 6 heteroatoms. The van der Waals surface area contributed by atoms with Gasteiger partial charge in [0, 0.05) is 45.2 Å². The van der Waals surface area contributed by atoms with Crippen molar-refractivity contribution in [1.82, 2.24) is 24.6 Å². The fourth-order valence-electron chi connectivity index (χ4n) is 4.24. The van der Waals surface area contributed by atoms with Crippen molar-refractivity contribution in [2.45, 2.75) is 44.7 Å². The van der Waals surface area contributed by atoms with E-state index in [2.05, 4.69) is 44.1 Å². The Labute approximate surface area is 154 Å². The number of amides is 1. The summed E-state index contributed by atoms with van der Waals surface area (Å²) in [5.74, 6) is 0.279. The van der Waals surface area contributed by atoms with Gasteiger partial charge in [-0.15, -0.1) is 0 Å². The predicted molar refractivity (Wildman–Crippen MR) is 99.7 cm³/mol. The van der Waals surface area contributed by atoms with Crippen molar-refractivity contribution in [3.05, 3.63) is 48.0 Å². The van der Waals surface area contributed by atoms with Gasteiger partial charge in [0.1, 0.15) is 12.7 Å². The molecule has 1 aromatic heterocycles. The summed E-state index contributed by atoms with van der Waals surface area (Å²) in [7, 11) is 0. The van der Waals surface area contributed by atoms with E-state index in [0.717, 1.165) is 58.4 Å². The molecule has 26 heavy (non-hydrogen) atoms. The summed E-state index contributed by atoms with van der Waals surface area (Å²) in [6, 6.07) is 9.41. The highest BCUT2D eigenvalue weighted by Crippen LogP contribution is 2.26. The molecule has 1 saturated heterocycles. The van der Waals surface area contributed by atoms with Crippen LogP contribution < -0.4 is 0 Å². The molecule has 0 unspecified atom stereocenters. The first-order valence-electron chi connectivity index (χ1n) is 9.70. The molecule has 1 aromatic carbocycles. The topological polar surface area (TPSA) is 54.3 Å². The fraction of sp³-hybridized carbons (Fsp3) is 0.550. The third-order valence-electron chi connectivity index (χ3n) is 5.67. The monoisotopic (exact) mass is 353 g/mol. The highest BCUT2D eigenvalue weighted by molar-refractivity contribution is 5.76. The number of aromatic nitrogens is 3. The second-order valence-corrected chi connectivity index (χ2v) is 7.36. The van der Waals surface area contributed by atoms with Crippen LogP contribution in [0.2, 0.25) is 0 Å². The minimum atomic E-state index is 0.279. The van der Waals surface area contributed by atoms with E-state index in [4.69, 9.17) is 0 Å². The maximum absolute atomic E-state index is 12.5. The summed E-state index contributed by atoms with van der Waals surface area (Å²) in [6.07, 6.45) is 8.03. The van der Waals surface area contributed by atoms with Crippen LogP contribution in [0, 0.1) is 0 Å². The zero-order valence-electron chi connectivity index (χ0n) is 15.3. The fourth-order valence-corrected chi connectivity index (χ4v) is 4.24. The van der Waals surface area contributed by atoms with E-state index in [1.54, 1.807) is 11.0 Å². The van der Waals surface area contributed by atoms with Crippen molar-refractivity contribution in [2.75, 3.05) is 26.2 Å². The van der Waals surface area contributed by atoms with Gasteiger partial charge in [-0.3, -0.25) is 14.4 Å². The van der Waals surface area contributed by atoms with Crippen molar-refractivity contribution in [3.63, 3.8) is 0 Å². The number of hydrogen-bond acceptors (Lipinski definition) is 4. The molecule has 2 aliphatic rings. The SMILES string of the molecule is O=C(CCCn1cncn1)N1CCCN(C2Cc3ccccc3C2)CC1. The smallest absolute Gasteiger partial charge is 0.222 e. The van der Waals surface area contributed by atoms with Crippen molar-refractivity contribution >= 4 is 5.91 Å². The molecule has 0 spiro atoms. The number of rotatable bonds is 5. The lowest BCUT2D eigenvalue weighted by Crippen LogP contribution is -2.40. The molecule has 0 radical (unpaired) electrons. The zero-order chi connectivity index (χ0) is 17.8. The molecule has 4 rings (SSSR count). The first-order valence-corrected chi connectivity index (χ1v) is 9.70. The Morgan fingerprint density at radius 2 is 1.88 bits per heavy atom. The molecular formula is C20H27N5O. The Morgan fingerprint density at radius 3 is 2.62 bits per heavy atom. The lowest BCUT2D eigenvalue weighted by Gasteiger charge is -2.27. The first-order chi connectivity index (χ1) is 12.8. The number of benzene rings is 1. The van der Waals surface area contributed by atoms with Crippen molar-refractivity contribution in [1.29, 1.82) is 0 Å². The third-order valence-corrected chi connectivity index (χ3v) is 5.67. The van der Waals surface area contributed by atoms with E-state index in [-0.39, 0.29) is 5.91 Å². The maximum atomic E-state index is 12.5. The largest absolute Gasteiger partial charge is 0.341 e. The summed E-state index contributed by atoms with van der Waals surface area (Å²) in [5.41, 5.74) is 3.01. The van der Waals surface area contributed by atoms with Crippen LogP contribution in [0.15, 0.2) is 36.9 Å². The van der Waals surface area contributed by atoms with Gasteiger partial charge in [-0.25, -0.2) is 4.98 Å². The van der Waals surface area contributed by atoms with Crippen molar-refractivity contribution in [2.24, 2.45) is 0 Å². The molecular weight excluding hydrogens is 326 g/mol. The molecule has 0 atom stereocenters. The molecule has 1 aliphatic heterocycles. The van der Waals surface area contributed by atoms with Crippen LogP contribution in [-0.2, 0) is 24.2 Å². The minimum absolute atomic E-state index is 0.279. The third kappa shape index (κ3) is 3.96. The van der Waals surface area contributed by atoms with E-state index in [1.807, 2.05) is 0 Å². The Kier molecular flexibility index (Phi) is 5.29. The number of fused-ring (bicyclic) bond motifs is 1. The molecule has 1 amide bonds. The molecule has 0 N–H and O–H groups in total. The van der Waals surface area contributed by atoms with Crippen LogP contribution in [0.5, 0.6) is 0 Å². The van der Waals surface area contributed by atoms with Crippen LogP contribution in [0.25, 0.3) is 0 Å². The predicted octanol–water partition coefficient (Wildman–Crippen LogP) is 1.76. The molecule has 138 valence electrons. The number of carbonyl (C=O) groups excluding carboxylic acids is 1. The van der Waals surface area contributed by atoms with Crippen LogP contribution >= 0.6 is 0 Å². The molecule has 6 nitrogen and oxygen atoms in total. The summed E-state index contributed by atoms with van der Waals surface area (Å²) in [4.78, 5) is 21.1. The standard InChI is InChI=1S/C20H27N5O/c26-20(7-3-10-25-16-21-15-22-25)24-9-4-8-23(11-12-24)19-13-17-5-1-2-6-18(17)14-19/h1-2,5-6,15-16,19H,3-4,7-14H2. The van der Waals surface area contributed by atoms with Crippen LogP contribution in [0.1, 0.15) is 30.4 Å². The van der Waals surface area contributed by atoms with Gasteiger partial charge < -0.3 is 4.90 Å². The Morgan fingerprint density at radius 1 is 1.08 bits per heavy atom. The average Bonchev–Trinajstić information content (AvgIpc) is 3.25. The van der Waals surface area contributed by atoms with Gasteiger partial charge in [0.05, 0.1) is 0 Å². The minimum Gasteiger partial charge on any atom is -0.341 e. The summed E-state index contributed by atoms with van der Waals surface area (Å²) < 4.78 is 1.79. The van der Waals surface area contributed by atoms with Gasteiger partial charge in [0.2, 0.25) is 5.91 Å². The van der Waals surface area contributed by atoms with E-state index in [1.165, 1.54) is 17.5 Å². The Hall–Kier alpha value is -2.21. The summed E-state index contributed by atoms with van der Waals surface area (Å²) in [5, 5.41) is 4.09. The average molecular weight is 353 g/mol. The van der Waals surface area contributed by atoms with Gasteiger partial charge in [-0.2, -0.15) is 5.10 Å². The number of nitrogens with zero attached hydrogens (tertiary/aromatic N) is 5. The van der Waals surface area contributed by atoms with E-state index in [9.17, 15) is 4.79 Å². The molecule has 1 fully saturated rings. The Bertz CT molecular complexity index is 705. The lowest BCUT2D eigenvalue weighted by atomic mass is 10.1. The Balaban J connectivity index is 1.25. The first kappa shape index (κ1) is 17.2. The van der Waals surface area contributed by atoms with E-state index < -0.39 is 0 Å². The highest BCUT2D eigenvalue weighted by atomic mass is 16.2. The van der Waals surface area contributed by atoms with Gasteiger partial charge in [0.25, 0.3) is 0 Å². The van der Waals surface area contributed by atoms with Gasteiger partial charge in [0.15, 0.2) is 0 Å².